The molecule has 1 aliphatic heterocycles. The van der Waals surface area contributed by atoms with Gasteiger partial charge in [-0.15, -0.1) is 0 Å². The van der Waals surface area contributed by atoms with Gasteiger partial charge in [-0.25, -0.2) is 9.86 Å². The molecule has 0 aromatic heterocycles. The molecule has 1 aliphatic rings. The number of rotatable bonds is 13. The number of carbonyl (C=O) groups is 4. The maximum atomic E-state index is 13.4. The summed E-state index contributed by atoms with van der Waals surface area (Å²) in [5.74, 6) is -1.52. The largest absolute Gasteiger partial charge is 0.353 e. The molecule has 200 valence electrons. The topological polar surface area (TPSA) is 131 Å². The second-order valence-electron chi connectivity index (χ2n) is 10.2. The molecule has 0 spiro atoms. The van der Waals surface area contributed by atoms with Gasteiger partial charge in [-0.1, -0.05) is 44.5 Å². The summed E-state index contributed by atoms with van der Waals surface area (Å²) in [4.78, 5) is 50.8. The number of benzene rings is 1. The molecule has 5 amide bonds. The number of halogens is 1. The Labute approximate surface area is 217 Å². The lowest BCUT2D eigenvalue weighted by atomic mass is 9.84. The number of amides is 5. The van der Waals surface area contributed by atoms with E-state index in [0.717, 1.165) is 5.56 Å². The standard InChI is InChI=1S/C25H38ClN5O5/c1-17(31(36)16-32)20(7-5-6-18-8-10-19(26)11-9-18)22(33)29-21(25(2,3)4)23(34)27-12-14-30-15-13-28-24(30)35/h8-11,16-17,20-21,36H,5-7,12-15H2,1-4H3,(H,27,34)(H,28,35)(H,29,33)/t17-,20+,21+/m0/s1. The maximum Gasteiger partial charge on any atom is 0.317 e. The van der Waals surface area contributed by atoms with Gasteiger partial charge in [0.1, 0.15) is 6.04 Å². The number of nitrogens with zero attached hydrogens (tertiary/aromatic N) is 2. The first-order chi connectivity index (χ1) is 16.9. The summed E-state index contributed by atoms with van der Waals surface area (Å²) >= 11 is 5.94. The van der Waals surface area contributed by atoms with Crippen LogP contribution in [0.4, 0.5) is 4.79 Å². The number of aryl methyl sites for hydroxylation is 1. The minimum absolute atomic E-state index is 0.163. The Hall–Kier alpha value is -2.85. The van der Waals surface area contributed by atoms with Gasteiger partial charge >= 0.3 is 6.03 Å². The molecule has 1 aromatic carbocycles. The van der Waals surface area contributed by atoms with Crippen LogP contribution in [0.15, 0.2) is 24.3 Å². The lowest BCUT2D eigenvalue weighted by Crippen LogP contribution is -2.57. The van der Waals surface area contributed by atoms with Crippen molar-refractivity contribution in [3.63, 3.8) is 0 Å². The smallest absolute Gasteiger partial charge is 0.317 e. The average Bonchev–Trinajstić information content (AvgIpc) is 3.24. The molecule has 1 heterocycles. The van der Waals surface area contributed by atoms with Crippen LogP contribution in [-0.2, 0) is 20.8 Å². The molecular weight excluding hydrogens is 486 g/mol. The predicted molar refractivity (Wildman–Crippen MR) is 136 cm³/mol. The summed E-state index contributed by atoms with van der Waals surface area (Å²) in [5, 5.41) is 19.5. The van der Waals surface area contributed by atoms with Crippen LogP contribution in [0.25, 0.3) is 0 Å². The van der Waals surface area contributed by atoms with Crippen molar-refractivity contribution in [2.45, 2.75) is 59.0 Å². The summed E-state index contributed by atoms with van der Waals surface area (Å²) in [6, 6.07) is 5.62. The lowest BCUT2D eigenvalue weighted by molar-refractivity contribution is -0.166. The van der Waals surface area contributed by atoms with E-state index in [2.05, 4.69) is 16.0 Å². The first-order valence-electron chi connectivity index (χ1n) is 12.2. The monoisotopic (exact) mass is 523 g/mol. The Balaban J connectivity index is 2.04. The zero-order chi connectivity index (χ0) is 26.9. The van der Waals surface area contributed by atoms with Crippen molar-refractivity contribution < 1.29 is 24.4 Å². The van der Waals surface area contributed by atoms with E-state index >= 15 is 0 Å². The van der Waals surface area contributed by atoms with Crippen LogP contribution in [0.2, 0.25) is 5.02 Å². The molecule has 3 atom stereocenters. The molecule has 4 N–H and O–H groups in total. The van der Waals surface area contributed by atoms with Gasteiger partial charge in [-0.2, -0.15) is 0 Å². The molecule has 0 unspecified atom stereocenters. The highest BCUT2D eigenvalue weighted by molar-refractivity contribution is 6.30. The molecule has 1 fully saturated rings. The minimum Gasteiger partial charge on any atom is -0.353 e. The zero-order valence-corrected chi connectivity index (χ0v) is 22.2. The van der Waals surface area contributed by atoms with E-state index in [9.17, 15) is 24.4 Å². The third kappa shape index (κ3) is 8.67. The Morgan fingerprint density at radius 3 is 2.47 bits per heavy atom. The number of hydrogen-bond acceptors (Lipinski definition) is 5. The summed E-state index contributed by atoms with van der Waals surface area (Å²) in [6.45, 7) is 8.90. The molecule has 2 rings (SSSR count). The lowest BCUT2D eigenvalue weighted by Gasteiger charge is -2.34. The van der Waals surface area contributed by atoms with Crippen molar-refractivity contribution in [3.05, 3.63) is 34.9 Å². The normalized spacial score (nSPS) is 16.1. The number of hydrogen-bond donors (Lipinski definition) is 4. The number of nitrogens with one attached hydrogen (secondary N) is 3. The molecule has 1 saturated heterocycles. The van der Waals surface area contributed by atoms with E-state index < -0.39 is 29.3 Å². The van der Waals surface area contributed by atoms with E-state index in [4.69, 9.17) is 11.6 Å². The maximum absolute atomic E-state index is 13.4. The van der Waals surface area contributed by atoms with Crippen molar-refractivity contribution in [1.29, 1.82) is 0 Å². The molecule has 11 heteroatoms. The molecule has 1 aromatic rings. The van der Waals surface area contributed by atoms with E-state index in [-0.39, 0.29) is 24.9 Å². The molecule has 0 radical (unpaired) electrons. The Morgan fingerprint density at radius 2 is 1.92 bits per heavy atom. The van der Waals surface area contributed by atoms with Gasteiger partial charge in [0.15, 0.2) is 0 Å². The number of hydroxylamine groups is 2. The SMILES string of the molecule is C[C@@H]([C@@H](CCCc1ccc(Cl)cc1)C(=O)N[C@H](C(=O)NCCN1CCNC1=O)C(C)(C)C)N(O)C=O. The van der Waals surface area contributed by atoms with Crippen molar-refractivity contribution in [2.75, 3.05) is 26.2 Å². The zero-order valence-electron chi connectivity index (χ0n) is 21.4. The minimum atomic E-state index is -0.855. The summed E-state index contributed by atoms with van der Waals surface area (Å²) in [7, 11) is 0. The van der Waals surface area contributed by atoms with Gasteiger partial charge in [0.25, 0.3) is 0 Å². The van der Waals surface area contributed by atoms with E-state index in [1.807, 2.05) is 32.9 Å². The second-order valence-corrected chi connectivity index (χ2v) is 10.6. The first-order valence-corrected chi connectivity index (χ1v) is 12.6. The van der Waals surface area contributed by atoms with E-state index in [0.29, 0.717) is 49.0 Å². The van der Waals surface area contributed by atoms with Gasteiger partial charge in [-0.3, -0.25) is 19.6 Å². The van der Waals surface area contributed by atoms with Gasteiger partial charge in [0.2, 0.25) is 18.2 Å². The van der Waals surface area contributed by atoms with Gasteiger partial charge in [0, 0.05) is 31.2 Å². The third-order valence-corrected chi connectivity index (χ3v) is 6.63. The van der Waals surface area contributed by atoms with Crippen molar-refractivity contribution in [3.8, 4) is 0 Å². The van der Waals surface area contributed by atoms with Gasteiger partial charge < -0.3 is 20.9 Å². The van der Waals surface area contributed by atoms with Crippen LogP contribution in [0, 0.1) is 11.3 Å². The Morgan fingerprint density at radius 1 is 1.25 bits per heavy atom. The predicted octanol–water partition coefficient (Wildman–Crippen LogP) is 2.19. The highest BCUT2D eigenvalue weighted by Gasteiger charge is 2.36. The van der Waals surface area contributed by atoms with Crippen LogP contribution >= 0.6 is 11.6 Å². The van der Waals surface area contributed by atoms with Crippen LogP contribution in [0.3, 0.4) is 0 Å². The van der Waals surface area contributed by atoms with Gasteiger partial charge in [0.05, 0.1) is 12.0 Å². The average molecular weight is 524 g/mol. The second kappa shape index (κ2) is 13.5. The fourth-order valence-corrected chi connectivity index (χ4v) is 4.24. The van der Waals surface area contributed by atoms with Crippen molar-refractivity contribution in [2.24, 2.45) is 11.3 Å². The van der Waals surface area contributed by atoms with E-state index in [1.54, 1.807) is 24.0 Å². The van der Waals surface area contributed by atoms with Crippen LogP contribution < -0.4 is 16.0 Å². The van der Waals surface area contributed by atoms with Crippen molar-refractivity contribution >= 4 is 35.9 Å². The van der Waals surface area contributed by atoms with Gasteiger partial charge in [-0.05, 0) is 49.3 Å². The quantitative estimate of drug-likeness (QED) is 0.179. The molecule has 0 bridgehead atoms. The van der Waals surface area contributed by atoms with Crippen LogP contribution in [-0.4, -0.2) is 77.7 Å². The third-order valence-electron chi connectivity index (χ3n) is 6.38. The van der Waals surface area contributed by atoms with Crippen LogP contribution in [0.5, 0.6) is 0 Å². The molecular formula is C25H38ClN5O5. The summed E-state index contributed by atoms with van der Waals surface area (Å²) in [6.07, 6.45) is 1.98. The molecule has 0 aliphatic carbocycles. The number of urea groups is 1. The van der Waals surface area contributed by atoms with E-state index in [1.165, 1.54) is 0 Å². The highest BCUT2D eigenvalue weighted by Crippen LogP contribution is 2.23. The highest BCUT2D eigenvalue weighted by atomic mass is 35.5. The fourth-order valence-electron chi connectivity index (χ4n) is 4.11. The summed E-state index contributed by atoms with van der Waals surface area (Å²) in [5.41, 5.74) is 0.451. The molecule has 36 heavy (non-hydrogen) atoms. The fraction of sp³-hybridized carbons (Fsp3) is 0.600. The van der Waals surface area contributed by atoms with Crippen molar-refractivity contribution in [1.82, 2.24) is 25.9 Å². The Bertz CT molecular complexity index is 905. The molecule has 10 nitrogen and oxygen atoms in total. The molecule has 0 saturated carbocycles. The summed E-state index contributed by atoms with van der Waals surface area (Å²) < 4.78 is 0. The first kappa shape index (κ1) is 29.4. The van der Waals surface area contributed by atoms with Crippen LogP contribution in [0.1, 0.15) is 46.1 Å². The number of carbonyl (C=O) groups excluding carboxylic acids is 4. The Kier molecular flexibility index (Phi) is 11.0.